The van der Waals surface area contributed by atoms with Crippen molar-refractivity contribution in [3.8, 4) is 0 Å². The summed E-state index contributed by atoms with van der Waals surface area (Å²) in [7, 11) is -5.17. The third-order valence-corrected chi connectivity index (χ3v) is 0. The van der Waals surface area contributed by atoms with E-state index in [1.54, 1.807) is 0 Å². The second kappa shape index (κ2) is 19.8. The molecule has 0 amide bonds. The van der Waals surface area contributed by atoms with Crippen LogP contribution in [0.2, 0.25) is 0 Å². The zero-order chi connectivity index (χ0) is 8.08. The molecule has 13 heavy (non-hydrogen) atoms. The predicted molar refractivity (Wildman–Crippen MR) is 15.9 cm³/mol. The molecule has 0 aliphatic rings. The first-order valence-electron chi connectivity index (χ1n) is 1.28. The number of rotatable bonds is 0. The Hall–Kier alpha value is 2.33. The van der Waals surface area contributed by atoms with E-state index >= 15 is 0 Å². The van der Waals surface area contributed by atoms with Crippen molar-refractivity contribution in [2.24, 2.45) is 0 Å². The largest absolute Gasteiger partial charge is 1.00 e. The molecule has 0 rings (SSSR count). The Morgan fingerprint density at radius 3 is 0.923 bits per heavy atom. The number of carbonyl (C=O) groups is 1. The smallest absolute Gasteiger partial charge is 0.759 e. The van der Waals surface area contributed by atoms with Crippen molar-refractivity contribution < 1.29 is 129 Å². The molecule has 0 bridgehead atoms. The van der Waals surface area contributed by atoms with Gasteiger partial charge in [-0.1, -0.05) is 0 Å². The summed E-state index contributed by atoms with van der Waals surface area (Å²) in [5.74, 6) is 0. The molecule has 0 heterocycles. The maximum absolute atomic E-state index is 8.52. The number of hydrogen-bond donors (Lipinski definition) is 0. The summed E-state index contributed by atoms with van der Waals surface area (Å²) in [6.07, 6.45) is -2.33. The van der Waals surface area contributed by atoms with E-state index < -0.39 is 16.6 Å². The third-order valence-electron chi connectivity index (χ3n) is 0. The van der Waals surface area contributed by atoms with Gasteiger partial charge >= 0.3 is 96.8 Å². The van der Waals surface area contributed by atoms with Gasteiger partial charge in [0.2, 0.25) is 0 Å². The first-order valence-corrected chi connectivity index (χ1v) is 2.61. The van der Waals surface area contributed by atoms with Crippen molar-refractivity contribution in [2.75, 3.05) is 0 Å². The average Bonchev–Trinajstić information content (AvgIpc) is 1.19. The molecule has 0 aromatic rings. The maximum Gasteiger partial charge on any atom is 1.00 e. The SMILES string of the molecule is O=C([O-])[O-].O=S(=O)([O-])[O-].[Li+].[Li+].[Na+].[Na+]. The minimum absolute atomic E-state index is 0. The van der Waals surface area contributed by atoms with Gasteiger partial charge in [-0.25, -0.2) is 0 Å². The van der Waals surface area contributed by atoms with Crippen LogP contribution >= 0.6 is 0 Å². The molecular weight excluding hydrogens is 216 g/mol. The Labute approximate surface area is 144 Å². The molecule has 0 saturated carbocycles. The summed E-state index contributed by atoms with van der Waals surface area (Å²) in [6.45, 7) is 0. The summed E-state index contributed by atoms with van der Waals surface area (Å²) in [4.78, 5) is 8.33. The molecule has 0 aliphatic heterocycles. The van der Waals surface area contributed by atoms with E-state index in [0.29, 0.717) is 0 Å². The van der Waals surface area contributed by atoms with Crippen LogP contribution in [0.5, 0.6) is 0 Å². The van der Waals surface area contributed by atoms with E-state index in [0.717, 1.165) is 0 Å². The van der Waals surface area contributed by atoms with Gasteiger partial charge in [-0.05, 0) is 6.16 Å². The Kier molecular flexibility index (Phi) is 55.2. The van der Waals surface area contributed by atoms with Crippen molar-refractivity contribution in [3.05, 3.63) is 0 Å². The zero-order valence-electron chi connectivity index (χ0n) is 7.77. The van der Waals surface area contributed by atoms with Crippen molar-refractivity contribution in [2.45, 2.75) is 0 Å². The molecule has 0 aromatic heterocycles. The summed E-state index contributed by atoms with van der Waals surface area (Å²) < 4.78 is 34.1. The average molecular weight is 216 g/mol. The first-order chi connectivity index (χ1) is 3.73. The quantitative estimate of drug-likeness (QED) is 0.222. The van der Waals surface area contributed by atoms with Crippen LogP contribution in [0.3, 0.4) is 0 Å². The van der Waals surface area contributed by atoms with Crippen molar-refractivity contribution in [1.29, 1.82) is 0 Å². The van der Waals surface area contributed by atoms with E-state index in [2.05, 4.69) is 0 Å². The van der Waals surface area contributed by atoms with Gasteiger partial charge < -0.3 is 24.1 Å². The Bertz CT molecular complexity index is 167. The standard InChI is InChI=1S/CH2O3.2Li.2Na.H2O4S/c2-1(3)4;;;;;1-5(2,3)4/h(H2,2,3,4);;;;;(H2,1,2,3,4)/q;4*+1;/p-4. The van der Waals surface area contributed by atoms with Gasteiger partial charge in [0.25, 0.3) is 0 Å². The molecule has 0 fully saturated rings. The summed E-state index contributed by atoms with van der Waals surface area (Å²) in [5, 5.41) is 16.7. The van der Waals surface area contributed by atoms with Gasteiger partial charge in [-0.3, -0.25) is 8.42 Å². The fourth-order valence-corrected chi connectivity index (χ4v) is 0. The molecule has 0 aliphatic carbocycles. The van der Waals surface area contributed by atoms with Crippen LogP contribution in [0.25, 0.3) is 0 Å². The van der Waals surface area contributed by atoms with E-state index in [1.165, 1.54) is 0 Å². The van der Waals surface area contributed by atoms with Crippen molar-refractivity contribution in [3.63, 3.8) is 0 Å². The summed E-state index contributed by atoms with van der Waals surface area (Å²) in [5.41, 5.74) is 0. The zero-order valence-corrected chi connectivity index (χ0v) is 12.6. The Balaban J connectivity index is -0.0000000146. The van der Waals surface area contributed by atoms with Crippen LogP contribution in [-0.2, 0) is 10.4 Å². The van der Waals surface area contributed by atoms with E-state index in [4.69, 9.17) is 32.5 Å². The number of carboxylic acid groups (broad SMARTS) is 2. The maximum atomic E-state index is 8.52. The van der Waals surface area contributed by atoms with Crippen LogP contribution in [0, 0.1) is 0 Å². The minimum atomic E-state index is -5.17. The van der Waals surface area contributed by atoms with Gasteiger partial charge in [0.05, 0.1) is 0 Å². The Morgan fingerprint density at radius 1 is 0.923 bits per heavy atom. The molecule has 0 unspecified atom stereocenters. The molecule has 12 heteroatoms. The molecular formula is CLi2Na2O7S. The molecule has 0 aromatic carbocycles. The van der Waals surface area contributed by atoms with Gasteiger partial charge in [-0.15, -0.1) is 0 Å². The van der Waals surface area contributed by atoms with Gasteiger partial charge in [0, 0.05) is 10.4 Å². The minimum Gasteiger partial charge on any atom is -0.759 e. The predicted octanol–water partition coefficient (Wildman–Crippen LogP) is -15.8. The first kappa shape index (κ1) is 36.2. The van der Waals surface area contributed by atoms with Gasteiger partial charge in [-0.2, -0.15) is 0 Å². The molecule has 56 valence electrons. The van der Waals surface area contributed by atoms with Crippen LogP contribution in [-0.4, -0.2) is 23.7 Å². The fourth-order valence-electron chi connectivity index (χ4n) is 0. The summed E-state index contributed by atoms with van der Waals surface area (Å²) in [6, 6.07) is 0. The second-order valence-electron chi connectivity index (χ2n) is 0.658. The van der Waals surface area contributed by atoms with E-state index in [-0.39, 0.29) is 96.8 Å². The number of carbonyl (C=O) groups excluding carboxylic acids is 1. The molecule has 0 radical (unpaired) electrons. The molecule has 0 spiro atoms. The van der Waals surface area contributed by atoms with Crippen molar-refractivity contribution in [1.82, 2.24) is 0 Å². The number of hydrogen-bond acceptors (Lipinski definition) is 7. The fraction of sp³-hybridized carbons (Fsp3) is 0. The molecule has 7 nitrogen and oxygen atoms in total. The van der Waals surface area contributed by atoms with Gasteiger partial charge in [0.15, 0.2) is 0 Å². The topological polar surface area (TPSA) is 143 Å². The van der Waals surface area contributed by atoms with Gasteiger partial charge in [0.1, 0.15) is 0 Å². The third kappa shape index (κ3) is 400. The van der Waals surface area contributed by atoms with Crippen LogP contribution < -0.4 is 107 Å². The van der Waals surface area contributed by atoms with Crippen LogP contribution in [0.4, 0.5) is 4.79 Å². The molecule has 0 saturated heterocycles. The van der Waals surface area contributed by atoms with Crippen LogP contribution in [0.1, 0.15) is 0 Å². The Morgan fingerprint density at radius 2 is 0.923 bits per heavy atom. The van der Waals surface area contributed by atoms with Crippen molar-refractivity contribution >= 4 is 16.6 Å². The molecule has 0 atom stereocenters. The monoisotopic (exact) mass is 216 g/mol. The second-order valence-corrected chi connectivity index (χ2v) is 1.47. The van der Waals surface area contributed by atoms with Crippen LogP contribution in [0.15, 0.2) is 0 Å². The normalized spacial score (nSPS) is 6.31. The van der Waals surface area contributed by atoms with E-state index in [1.807, 2.05) is 0 Å². The van der Waals surface area contributed by atoms with E-state index in [9.17, 15) is 0 Å². The summed E-state index contributed by atoms with van der Waals surface area (Å²) >= 11 is 0. The molecule has 0 N–H and O–H groups in total.